The van der Waals surface area contributed by atoms with Gasteiger partial charge in [-0.15, -0.1) is 13.2 Å². The number of alkyl halides is 3. The van der Waals surface area contributed by atoms with Crippen LogP contribution in [0.15, 0.2) is 59.6 Å². The Morgan fingerprint density at radius 2 is 1.74 bits per heavy atom. The van der Waals surface area contributed by atoms with Crippen molar-refractivity contribution >= 4 is 40.2 Å². The monoisotopic (exact) mass is 432 g/mol. The Morgan fingerprint density at radius 3 is 2.35 bits per heavy atom. The molecule has 2 aromatic rings. The van der Waals surface area contributed by atoms with Gasteiger partial charge in [0.2, 0.25) is 0 Å². The van der Waals surface area contributed by atoms with Gasteiger partial charge >= 0.3 is 6.36 Å². The van der Waals surface area contributed by atoms with Gasteiger partial charge in [-0.3, -0.25) is 0 Å². The van der Waals surface area contributed by atoms with Crippen LogP contribution in [0.3, 0.4) is 0 Å². The minimum atomic E-state index is -4.71. The first-order chi connectivity index (χ1) is 10.8. The van der Waals surface area contributed by atoms with Crippen LogP contribution in [-0.4, -0.2) is 12.2 Å². The smallest absolute Gasteiger partial charge is 0.406 e. The number of amidine groups is 1. The van der Waals surface area contributed by atoms with Crippen LogP contribution in [0.5, 0.6) is 5.75 Å². The largest absolute Gasteiger partial charge is 0.573 e. The fraction of sp³-hybridized carbons (Fsp3) is 0.0625. The highest BCUT2D eigenvalue weighted by atomic mass is 127. The van der Waals surface area contributed by atoms with Crippen LogP contribution in [0.2, 0.25) is 0 Å². The molecule has 7 heteroatoms. The third-order valence-electron chi connectivity index (χ3n) is 2.67. The summed E-state index contributed by atoms with van der Waals surface area (Å²) in [5.74, 6) is -0.0569. The lowest BCUT2D eigenvalue weighted by molar-refractivity contribution is -0.274. The average molecular weight is 432 g/mol. The predicted octanol–water partition coefficient (Wildman–Crippen LogP) is 4.89. The molecule has 0 saturated heterocycles. The topological polar surface area (TPSA) is 47.6 Å². The Labute approximate surface area is 144 Å². The van der Waals surface area contributed by atoms with Crippen molar-refractivity contribution in [1.82, 2.24) is 0 Å². The quantitative estimate of drug-likeness (QED) is 0.425. The highest BCUT2D eigenvalue weighted by Gasteiger charge is 2.30. The highest BCUT2D eigenvalue weighted by Crippen LogP contribution is 2.24. The van der Waals surface area contributed by atoms with E-state index in [9.17, 15) is 13.2 Å². The molecule has 0 aliphatic heterocycles. The van der Waals surface area contributed by atoms with E-state index in [1.54, 1.807) is 6.08 Å². The lowest BCUT2D eigenvalue weighted by Gasteiger charge is -2.08. The van der Waals surface area contributed by atoms with E-state index in [0.29, 0.717) is 5.69 Å². The molecule has 0 aliphatic rings. The summed E-state index contributed by atoms with van der Waals surface area (Å²) in [5.41, 5.74) is 7.23. The van der Waals surface area contributed by atoms with Gasteiger partial charge in [-0.25, -0.2) is 4.99 Å². The van der Waals surface area contributed by atoms with E-state index in [4.69, 9.17) is 5.73 Å². The Balaban J connectivity index is 2.07. The lowest BCUT2D eigenvalue weighted by atomic mass is 10.2. The van der Waals surface area contributed by atoms with Crippen LogP contribution in [0.25, 0.3) is 6.08 Å². The van der Waals surface area contributed by atoms with Crippen molar-refractivity contribution < 1.29 is 17.9 Å². The molecule has 2 aromatic carbocycles. The normalized spacial score (nSPS) is 12.6. The van der Waals surface area contributed by atoms with Crippen molar-refractivity contribution in [3.05, 3.63) is 63.7 Å². The van der Waals surface area contributed by atoms with E-state index in [-0.39, 0.29) is 11.6 Å². The fourth-order valence-corrected chi connectivity index (χ4v) is 2.26. The van der Waals surface area contributed by atoms with Gasteiger partial charge < -0.3 is 10.5 Å². The van der Waals surface area contributed by atoms with Crippen molar-refractivity contribution in [3.63, 3.8) is 0 Å². The molecule has 23 heavy (non-hydrogen) atoms. The van der Waals surface area contributed by atoms with E-state index < -0.39 is 6.36 Å². The Bertz CT molecular complexity index is 725. The Morgan fingerprint density at radius 1 is 1.09 bits per heavy atom. The molecule has 2 N–H and O–H groups in total. The number of nitrogens with zero attached hydrogens (tertiary/aromatic N) is 1. The zero-order valence-corrected chi connectivity index (χ0v) is 13.9. The molecule has 0 aromatic heterocycles. The van der Waals surface area contributed by atoms with E-state index >= 15 is 0 Å². The number of ether oxygens (including phenoxy) is 1. The molecule has 0 saturated carbocycles. The predicted molar refractivity (Wildman–Crippen MR) is 92.6 cm³/mol. The van der Waals surface area contributed by atoms with E-state index in [1.807, 2.05) is 30.3 Å². The summed E-state index contributed by atoms with van der Waals surface area (Å²) >= 11 is 2.21. The van der Waals surface area contributed by atoms with Gasteiger partial charge in [-0.2, -0.15) is 0 Å². The second-order valence-electron chi connectivity index (χ2n) is 4.43. The number of hydrogen-bond acceptors (Lipinski definition) is 2. The SMILES string of the molecule is NC(/C=C\c1ccccc1I)=Nc1ccc(OC(F)(F)F)cc1. The van der Waals surface area contributed by atoms with Crippen LogP contribution in [0, 0.1) is 3.57 Å². The molecule has 0 bridgehead atoms. The van der Waals surface area contributed by atoms with Crippen molar-refractivity contribution in [1.29, 1.82) is 0 Å². The van der Waals surface area contributed by atoms with E-state index in [0.717, 1.165) is 9.13 Å². The number of benzene rings is 2. The zero-order valence-electron chi connectivity index (χ0n) is 11.7. The van der Waals surface area contributed by atoms with Gasteiger partial charge in [-0.1, -0.05) is 24.3 Å². The number of halogens is 4. The molecule has 0 fully saturated rings. The number of rotatable bonds is 4. The molecule has 3 nitrogen and oxygen atoms in total. The highest BCUT2D eigenvalue weighted by molar-refractivity contribution is 14.1. The van der Waals surface area contributed by atoms with E-state index in [2.05, 4.69) is 32.3 Å². The first kappa shape index (κ1) is 17.3. The van der Waals surface area contributed by atoms with Gasteiger partial charge in [0.1, 0.15) is 11.6 Å². The molecule has 120 valence electrons. The number of aliphatic imine (C=N–C) groups is 1. The summed E-state index contributed by atoms with van der Waals surface area (Å²) in [6.45, 7) is 0. The van der Waals surface area contributed by atoms with Gasteiger partial charge in [0.05, 0.1) is 5.69 Å². The van der Waals surface area contributed by atoms with Gasteiger partial charge in [0.15, 0.2) is 0 Å². The summed E-state index contributed by atoms with van der Waals surface area (Å²) in [6, 6.07) is 12.9. The first-order valence-electron chi connectivity index (χ1n) is 6.46. The van der Waals surface area contributed by atoms with Crippen molar-refractivity contribution in [2.75, 3.05) is 0 Å². The number of hydrogen-bond donors (Lipinski definition) is 1. The van der Waals surface area contributed by atoms with Crippen molar-refractivity contribution in [2.24, 2.45) is 10.7 Å². The van der Waals surface area contributed by atoms with Crippen LogP contribution >= 0.6 is 22.6 Å². The number of nitrogens with two attached hydrogens (primary N) is 1. The van der Waals surface area contributed by atoms with Crippen LogP contribution < -0.4 is 10.5 Å². The first-order valence-corrected chi connectivity index (χ1v) is 7.54. The molecule has 0 aliphatic carbocycles. The van der Waals surface area contributed by atoms with Crippen LogP contribution in [0.1, 0.15) is 5.56 Å². The maximum Gasteiger partial charge on any atom is 0.573 e. The second-order valence-corrected chi connectivity index (χ2v) is 5.60. The summed E-state index contributed by atoms with van der Waals surface area (Å²) in [7, 11) is 0. The minimum absolute atomic E-state index is 0.245. The third-order valence-corrected chi connectivity index (χ3v) is 3.65. The average Bonchev–Trinajstić information content (AvgIpc) is 2.47. The molecule has 0 atom stereocenters. The van der Waals surface area contributed by atoms with Gasteiger partial charge in [-0.05, 0) is 64.6 Å². The van der Waals surface area contributed by atoms with Crippen molar-refractivity contribution in [3.8, 4) is 5.75 Å². The molecule has 0 amide bonds. The fourth-order valence-electron chi connectivity index (χ4n) is 1.69. The molecule has 0 heterocycles. The van der Waals surface area contributed by atoms with Gasteiger partial charge in [0, 0.05) is 3.57 Å². The summed E-state index contributed by atoms with van der Waals surface area (Å²) in [6.07, 6.45) is -1.25. The summed E-state index contributed by atoms with van der Waals surface area (Å²) < 4.78 is 41.1. The minimum Gasteiger partial charge on any atom is -0.406 e. The standard InChI is InChI=1S/C16H12F3IN2O/c17-16(18,19)23-13-8-6-12(7-9-13)22-15(21)10-5-11-3-1-2-4-14(11)20/h1-10H,(H2,21,22)/b10-5-. The molecular formula is C16H12F3IN2O. The molecular weight excluding hydrogens is 420 g/mol. The maximum atomic E-state index is 12.1. The third kappa shape index (κ3) is 5.93. The van der Waals surface area contributed by atoms with Crippen LogP contribution in [-0.2, 0) is 0 Å². The van der Waals surface area contributed by atoms with E-state index in [1.165, 1.54) is 24.3 Å². The lowest BCUT2D eigenvalue weighted by Crippen LogP contribution is -2.16. The van der Waals surface area contributed by atoms with Gasteiger partial charge in [0.25, 0.3) is 0 Å². The molecule has 2 rings (SSSR count). The summed E-state index contributed by atoms with van der Waals surface area (Å²) in [4.78, 5) is 4.11. The second kappa shape index (κ2) is 7.49. The van der Waals surface area contributed by atoms with Crippen molar-refractivity contribution in [2.45, 2.75) is 6.36 Å². The summed E-state index contributed by atoms with van der Waals surface area (Å²) in [5, 5.41) is 0. The molecule has 0 spiro atoms. The Kier molecular flexibility index (Phi) is 5.64. The molecule has 0 unspecified atom stereocenters. The Hall–Kier alpha value is -2.03. The zero-order chi connectivity index (χ0) is 16.9. The maximum absolute atomic E-state index is 12.1. The molecule has 0 radical (unpaired) electrons. The van der Waals surface area contributed by atoms with Crippen LogP contribution in [0.4, 0.5) is 18.9 Å².